The smallest absolute Gasteiger partial charge is 0.416 e. The number of pyridine rings is 1. The highest BCUT2D eigenvalue weighted by Gasteiger charge is 2.37. The fraction of sp³-hybridized carbons (Fsp3) is 0.385. The molecule has 1 atom stereocenters. The number of halogens is 4. The standard InChI is InChI=1S/C26H24F4N6O4/c1-25(2,3)40-24(37)35-9-16-17(27)4-5-19-21(16)14(10-38-19)11-39-20-8-15(22-32-31-13-36(22)23(20)35)18-6-7-34(33-18)12-26(28,29)30/h4-8,13-14H,9-12H2,1-3H3/t14-/m1/s1. The number of nitrogens with zero attached hydrogens (tertiary/aromatic N) is 6. The zero-order chi connectivity index (χ0) is 28.4. The Hall–Kier alpha value is -4.36. The third-order valence-electron chi connectivity index (χ3n) is 6.50. The third-order valence-corrected chi connectivity index (χ3v) is 6.50. The topological polar surface area (TPSA) is 96.0 Å². The van der Waals surface area contributed by atoms with Gasteiger partial charge in [0, 0.05) is 17.3 Å². The van der Waals surface area contributed by atoms with E-state index in [9.17, 15) is 18.0 Å². The molecule has 0 unspecified atom stereocenters. The normalized spacial score (nSPS) is 16.9. The maximum absolute atomic E-state index is 15.3. The largest absolute Gasteiger partial charge is 0.493 e. The molecule has 0 saturated heterocycles. The molecule has 1 amide bonds. The van der Waals surface area contributed by atoms with Gasteiger partial charge in [0.05, 0.1) is 36.9 Å². The molecule has 0 aliphatic carbocycles. The highest BCUT2D eigenvalue weighted by molar-refractivity contribution is 5.91. The van der Waals surface area contributed by atoms with E-state index in [-0.39, 0.29) is 54.1 Å². The van der Waals surface area contributed by atoms with Crippen LogP contribution in [-0.4, -0.2) is 55.5 Å². The van der Waals surface area contributed by atoms with E-state index in [1.54, 1.807) is 32.9 Å². The number of fused-ring (bicyclic) bond motifs is 3. The zero-order valence-electron chi connectivity index (χ0n) is 21.7. The molecule has 0 N–H and O–H groups in total. The Balaban J connectivity index is 1.54. The molecule has 0 saturated carbocycles. The number of hydrogen-bond acceptors (Lipinski definition) is 7. The summed E-state index contributed by atoms with van der Waals surface area (Å²) >= 11 is 0. The van der Waals surface area contributed by atoms with Crippen molar-refractivity contribution in [3.63, 3.8) is 0 Å². The number of alkyl halides is 3. The van der Waals surface area contributed by atoms with E-state index in [1.165, 1.54) is 34.0 Å². The van der Waals surface area contributed by atoms with Gasteiger partial charge >= 0.3 is 12.3 Å². The Bertz CT molecular complexity index is 1620. The average molecular weight is 561 g/mol. The van der Waals surface area contributed by atoms with Gasteiger partial charge in [-0.2, -0.15) is 18.3 Å². The first-order chi connectivity index (χ1) is 18.9. The zero-order valence-corrected chi connectivity index (χ0v) is 21.7. The predicted molar refractivity (Wildman–Crippen MR) is 133 cm³/mol. The van der Waals surface area contributed by atoms with Crippen molar-refractivity contribution in [3.05, 3.63) is 53.7 Å². The molecule has 40 heavy (non-hydrogen) atoms. The van der Waals surface area contributed by atoms with Crippen molar-refractivity contribution in [2.45, 2.75) is 51.6 Å². The molecule has 0 radical (unpaired) electrons. The molecule has 14 heteroatoms. The number of amides is 1. The van der Waals surface area contributed by atoms with Crippen LogP contribution in [-0.2, 0) is 17.8 Å². The molecule has 2 aliphatic heterocycles. The Morgan fingerprint density at radius 2 is 1.88 bits per heavy atom. The number of carbonyl (C=O) groups is 1. The summed E-state index contributed by atoms with van der Waals surface area (Å²) in [5.74, 6) is 0.00696. The minimum absolute atomic E-state index is 0.0776. The first-order valence-electron chi connectivity index (χ1n) is 12.4. The van der Waals surface area contributed by atoms with E-state index < -0.39 is 30.2 Å². The number of ether oxygens (including phenoxy) is 3. The van der Waals surface area contributed by atoms with Crippen LogP contribution in [0.4, 0.5) is 28.2 Å². The minimum Gasteiger partial charge on any atom is -0.493 e. The van der Waals surface area contributed by atoms with E-state index in [1.807, 2.05) is 0 Å². The number of hydrogen-bond donors (Lipinski definition) is 0. The van der Waals surface area contributed by atoms with Crippen molar-refractivity contribution in [2.24, 2.45) is 0 Å². The van der Waals surface area contributed by atoms with Crippen molar-refractivity contribution in [2.75, 3.05) is 18.1 Å². The van der Waals surface area contributed by atoms with Crippen molar-refractivity contribution >= 4 is 17.6 Å². The number of carbonyl (C=O) groups excluding carboxylic acids is 1. The maximum atomic E-state index is 15.3. The van der Waals surface area contributed by atoms with Gasteiger partial charge in [-0.15, -0.1) is 10.2 Å². The molecule has 10 nitrogen and oxygen atoms in total. The van der Waals surface area contributed by atoms with Crippen LogP contribution in [0.2, 0.25) is 0 Å². The molecule has 0 bridgehead atoms. The second-order valence-corrected chi connectivity index (χ2v) is 10.6. The van der Waals surface area contributed by atoms with Gasteiger partial charge in [-0.1, -0.05) is 0 Å². The first kappa shape index (κ1) is 25.9. The Labute approximate surface area is 225 Å². The van der Waals surface area contributed by atoms with Crippen LogP contribution in [0, 0.1) is 5.82 Å². The molecule has 6 rings (SSSR count). The van der Waals surface area contributed by atoms with Crippen molar-refractivity contribution < 1.29 is 36.6 Å². The van der Waals surface area contributed by atoms with Gasteiger partial charge in [-0.3, -0.25) is 14.0 Å². The summed E-state index contributed by atoms with van der Waals surface area (Å²) in [5.41, 5.74) is 0.710. The summed E-state index contributed by atoms with van der Waals surface area (Å²) in [6.07, 6.45) is -2.68. The Morgan fingerprint density at radius 3 is 2.60 bits per heavy atom. The summed E-state index contributed by atoms with van der Waals surface area (Å²) in [5, 5.41) is 12.2. The van der Waals surface area contributed by atoms with E-state index in [2.05, 4.69) is 15.3 Å². The van der Waals surface area contributed by atoms with Gasteiger partial charge in [-0.25, -0.2) is 9.18 Å². The molecule has 0 fully saturated rings. The van der Waals surface area contributed by atoms with E-state index in [0.29, 0.717) is 16.9 Å². The fourth-order valence-corrected chi connectivity index (χ4v) is 4.93. The second kappa shape index (κ2) is 9.10. The van der Waals surface area contributed by atoms with Gasteiger partial charge < -0.3 is 14.2 Å². The molecule has 4 aromatic rings. The molecule has 5 heterocycles. The van der Waals surface area contributed by atoms with Gasteiger partial charge in [-0.05, 0) is 45.0 Å². The van der Waals surface area contributed by atoms with Crippen LogP contribution >= 0.6 is 0 Å². The second-order valence-electron chi connectivity index (χ2n) is 10.6. The lowest BCUT2D eigenvalue weighted by Crippen LogP contribution is -2.38. The SMILES string of the molecule is CC(C)(C)OC(=O)N1Cc2c(F)ccc3c2[C@H](CO3)COc2cc(-c3ccn(CC(F)(F)F)n3)c3nncn3c21. The van der Waals surface area contributed by atoms with Crippen LogP contribution in [0.25, 0.3) is 16.9 Å². The maximum Gasteiger partial charge on any atom is 0.416 e. The van der Waals surface area contributed by atoms with Gasteiger partial charge in [0.25, 0.3) is 0 Å². The van der Waals surface area contributed by atoms with Gasteiger partial charge in [0.1, 0.15) is 30.0 Å². The van der Waals surface area contributed by atoms with Crippen molar-refractivity contribution in [1.82, 2.24) is 24.4 Å². The highest BCUT2D eigenvalue weighted by Crippen LogP contribution is 2.44. The van der Waals surface area contributed by atoms with Crippen molar-refractivity contribution in [3.8, 4) is 22.8 Å². The Morgan fingerprint density at radius 1 is 1.12 bits per heavy atom. The summed E-state index contributed by atoms with van der Waals surface area (Å²) in [7, 11) is 0. The Kier molecular flexibility index (Phi) is 5.89. The van der Waals surface area contributed by atoms with Gasteiger partial charge in [0.2, 0.25) is 0 Å². The molecule has 1 aromatic carbocycles. The summed E-state index contributed by atoms with van der Waals surface area (Å²) in [6, 6.07) is 5.80. The molecular formula is C26H24F4N6O4. The third kappa shape index (κ3) is 4.67. The van der Waals surface area contributed by atoms with E-state index >= 15 is 4.39 Å². The van der Waals surface area contributed by atoms with Crippen LogP contribution in [0.3, 0.4) is 0 Å². The predicted octanol–water partition coefficient (Wildman–Crippen LogP) is 5.10. The number of aromatic nitrogens is 5. The molecular weight excluding hydrogens is 536 g/mol. The highest BCUT2D eigenvalue weighted by atomic mass is 19.4. The lowest BCUT2D eigenvalue weighted by Gasteiger charge is -2.29. The molecule has 0 spiro atoms. The average Bonchev–Trinajstić information content (AvgIpc) is 3.59. The van der Waals surface area contributed by atoms with Gasteiger partial charge in [0.15, 0.2) is 17.2 Å². The quantitative estimate of drug-likeness (QED) is 0.315. The number of benzene rings is 1. The molecule has 210 valence electrons. The van der Waals surface area contributed by atoms with Crippen LogP contribution in [0.1, 0.15) is 37.8 Å². The molecule has 2 aliphatic rings. The first-order valence-corrected chi connectivity index (χ1v) is 12.4. The lowest BCUT2D eigenvalue weighted by molar-refractivity contribution is -0.142. The van der Waals surface area contributed by atoms with E-state index in [0.717, 1.165) is 4.68 Å². The monoisotopic (exact) mass is 560 g/mol. The van der Waals surface area contributed by atoms with Crippen LogP contribution in [0.15, 0.2) is 36.8 Å². The van der Waals surface area contributed by atoms with Crippen LogP contribution in [0.5, 0.6) is 11.5 Å². The molecule has 3 aromatic heterocycles. The summed E-state index contributed by atoms with van der Waals surface area (Å²) < 4.78 is 74.1. The summed E-state index contributed by atoms with van der Waals surface area (Å²) in [6.45, 7) is 3.96. The van der Waals surface area contributed by atoms with Crippen molar-refractivity contribution in [1.29, 1.82) is 0 Å². The minimum atomic E-state index is -4.46. The number of anilines is 1. The lowest BCUT2D eigenvalue weighted by atomic mass is 9.95. The van der Waals surface area contributed by atoms with Crippen LogP contribution < -0.4 is 14.4 Å². The van der Waals surface area contributed by atoms with E-state index in [4.69, 9.17) is 14.2 Å². The summed E-state index contributed by atoms with van der Waals surface area (Å²) in [4.78, 5) is 14.9. The fourth-order valence-electron chi connectivity index (χ4n) is 4.93. The number of rotatable bonds is 2.